The van der Waals surface area contributed by atoms with E-state index < -0.39 is 0 Å². The van der Waals surface area contributed by atoms with Crippen LogP contribution >= 0.6 is 15.9 Å². The molecule has 0 radical (unpaired) electrons. The van der Waals surface area contributed by atoms with Gasteiger partial charge in [0.05, 0.1) is 12.4 Å². The number of hydrogen-bond donors (Lipinski definition) is 0. The molecule has 0 saturated carbocycles. The molecular formula is C8H6BrN5. The van der Waals surface area contributed by atoms with Gasteiger partial charge in [-0.2, -0.15) is 0 Å². The summed E-state index contributed by atoms with van der Waals surface area (Å²) in [6.07, 6.45) is 3.68. The maximum absolute atomic E-state index is 8.00. The highest BCUT2D eigenvalue weighted by molar-refractivity contribution is 9.10. The molecule has 6 heteroatoms. The minimum Gasteiger partial charge on any atom is -0.245 e. The summed E-state index contributed by atoms with van der Waals surface area (Å²) in [7, 11) is 0. The molecule has 0 unspecified atom stereocenters. The lowest BCUT2D eigenvalue weighted by Crippen LogP contribution is -1.84. The van der Waals surface area contributed by atoms with Gasteiger partial charge in [0.2, 0.25) is 0 Å². The largest absolute Gasteiger partial charge is 0.245 e. The Bertz CT molecular complexity index is 396. The van der Waals surface area contributed by atoms with Crippen LogP contribution in [0.2, 0.25) is 0 Å². The highest BCUT2D eigenvalue weighted by Gasteiger charge is 1.88. The number of halogens is 1. The van der Waals surface area contributed by atoms with Gasteiger partial charge in [-0.15, -0.1) is 0 Å². The highest BCUT2D eigenvalue weighted by Crippen LogP contribution is 2.01. The Morgan fingerprint density at radius 2 is 2.36 bits per heavy atom. The summed E-state index contributed by atoms with van der Waals surface area (Å²) in [5.41, 5.74) is 8.60. The Morgan fingerprint density at radius 3 is 3.00 bits per heavy atom. The van der Waals surface area contributed by atoms with Crippen molar-refractivity contribution in [3.05, 3.63) is 33.1 Å². The van der Waals surface area contributed by atoms with E-state index in [2.05, 4.69) is 47.8 Å². The third-order valence-electron chi connectivity index (χ3n) is 1.24. The van der Waals surface area contributed by atoms with Gasteiger partial charge in [-0.3, -0.25) is 0 Å². The summed E-state index contributed by atoms with van der Waals surface area (Å²) in [5.74, 6) is 5.63. The zero-order valence-electron chi connectivity index (χ0n) is 7.18. The van der Waals surface area contributed by atoms with Crippen molar-refractivity contribution >= 4 is 15.9 Å². The van der Waals surface area contributed by atoms with Crippen molar-refractivity contribution in [1.82, 2.24) is 9.97 Å². The smallest absolute Gasteiger partial charge is 0.131 e. The van der Waals surface area contributed by atoms with E-state index in [-0.39, 0.29) is 0 Å². The second kappa shape index (κ2) is 5.97. The van der Waals surface area contributed by atoms with Crippen LogP contribution in [0.3, 0.4) is 0 Å². The van der Waals surface area contributed by atoms with Crippen molar-refractivity contribution in [2.75, 3.05) is 6.54 Å². The van der Waals surface area contributed by atoms with Crippen LogP contribution in [0.1, 0.15) is 12.1 Å². The number of hydrogen-bond acceptors (Lipinski definition) is 3. The van der Waals surface area contributed by atoms with Crippen molar-refractivity contribution in [2.45, 2.75) is 6.42 Å². The van der Waals surface area contributed by atoms with Crippen molar-refractivity contribution in [3.8, 4) is 11.8 Å². The average molecular weight is 252 g/mol. The molecule has 0 N–H and O–H groups in total. The van der Waals surface area contributed by atoms with Gasteiger partial charge in [0.25, 0.3) is 0 Å². The fraction of sp³-hybridized carbons (Fsp3) is 0.250. The minimum absolute atomic E-state index is 0.382. The second-order valence-electron chi connectivity index (χ2n) is 2.23. The lowest BCUT2D eigenvalue weighted by molar-refractivity contribution is 1.01. The summed E-state index contributed by atoms with van der Waals surface area (Å²) in [4.78, 5) is 10.6. The molecule has 0 aliphatic rings. The molecule has 0 bridgehead atoms. The van der Waals surface area contributed by atoms with E-state index in [9.17, 15) is 0 Å². The standard InChI is InChI=1S/C8H6BrN5/c9-8-6-11-7(5-12-8)3-1-2-4-13-14-10/h5-6H,2,4H2. The molecule has 1 aromatic heterocycles. The SMILES string of the molecule is [N-]=[N+]=NCCC#Cc1cnc(Br)cn1. The molecule has 70 valence electrons. The fourth-order valence-corrected chi connectivity index (χ4v) is 0.885. The van der Waals surface area contributed by atoms with Crippen molar-refractivity contribution in [2.24, 2.45) is 5.11 Å². The Hall–Kier alpha value is -1.57. The first-order valence-corrected chi connectivity index (χ1v) is 4.59. The predicted octanol–water partition coefficient (Wildman–Crippen LogP) is 2.29. The first-order chi connectivity index (χ1) is 6.83. The average Bonchev–Trinajstić information content (AvgIpc) is 2.21. The number of rotatable bonds is 2. The molecule has 0 amide bonds. The van der Waals surface area contributed by atoms with Crippen LogP contribution < -0.4 is 0 Å². The zero-order chi connectivity index (χ0) is 10.2. The van der Waals surface area contributed by atoms with Crippen LogP contribution in [0, 0.1) is 11.8 Å². The van der Waals surface area contributed by atoms with Gasteiger partial charge in [0, 0.05) is 17.9 Å². The first kappa shape index (κ1) is 10.5. The predicted molar refractivity (Wildman–Crippen MR) is 55.2 cm³/mol. The lowest BCUT2D eigenvalue weighted by atomic mass is 10.4. The van der Waals surface area contributed by atoms with Crippen LogP contribution in [0.25, 0.3) is 10.4 Å². The van der Waals surface area contributed by atoms with Crippen LogP contribution in [0.5, 0.6) is 0 Å². The molecular weight excluding hydrogens is 246 g/mol. The highest BCUT2D eigenvalue weighted by atomic mass is 79.9. The quantitative estimate of drug-likeness (QED) is 0.266. The molecule has 0 atom stereocenters. The number of azide groups is 1. The van der Waals surface area contributed by atoms with Crippen LogP contribution in [-0.4, -0.2) is 16.5 Å². The van der Waals surface area contributed by atoms with Gasteiger partial charge in [0.15, 0.2) is 0 Å². The fourth-order valence-electron chi connectivity index (χ4n) is 0.681. The normalized spacial score (nSPS) is 8.36. The van der Waals surface area contributed by atoms with E-state index in [1.807, 2.05) is 0 Å². The van der Waals surface area contributed by atoms with Crippen LogP contribution in [0.15, 0.2) is 22.1 Å². The third-order valence-corrected chi connectivity index (χ3v) is 1.65. The van der Waals surface area contributed by atoms with Gasteiger partial charge >= 0.3 is 0 Å². The molecule has 1 heterocycles. The minimum atomic E-state index is 0.382. The Labute approximate surface area is 89.3 Å². The second-order valence-corrected chi connectivity index (χ2v) is 3.04. The van der Waals surface area contributed by atoms with Crippen LogP contribution in [-0.2, 0) is 0 Å². The van der Waals surface area contributed by atoms with E-state index in [1.165, 1.54) is 0 Å². The molecule has 0 saturated heterocycles. The summed E-state index contributed by atoms with van der Waals surface area (Å²) < 4.78 is 0.678. The van der Waals surface area contributed by atoms with Gasteiger partial charge in [-0.1, -0.05) is 11.0 Å². The van der Waals surface area contributed by atoms with Crippen LogP contribution in [0.4, 0.5) is 0 Å². The Balaban J connectivity index is 2.51. The Kier molecular flexibility index (Phi) is 4.48. The molecule has 0 aliphatic carbocycles. The molecule has 0 aromatic carbocycles. The van der Waals surface area contributed by atoms with E-state index in [1.54, 1.807) is 12.4 Å². The molecule has 1 rings (SSSR count). The van der Waals surface area contributed by atoms with Crippen molar-refractivity contribution in [1.29, 1.82) is 0 Å². The number of nitrogens with zero attached hydrogens (tertiary/aromatic N) is 5. The van der Waals surface area contributed by atoms with Crippen molar-refractivity contribution in [3.63, 3.8) is 0 Å². The first-order valence-electron chi connectivity index (χ1n) is 3.80. The summed E-state index contributed by atoms with van der Waals surface area (Å²) >= 11 is 3.17. The van der Waals surface area contributed by atoms with Gasteiger partial charge in [-0.25, -0.2) is 9.97 Å². The molecule has 0 aliphatic heterocycles. The molecule has 5 nitrogen and oxygen atoms in total. The zero-order valence-corrected chi connectivity index (χ0v) is 8.77. The maximum Gasteiger partial charge on any atom is 0.131 e. The monoisotopic (exact) mass is 251 g/mol. The summed E-state index contributed by atoms with van der Waals surface area (Å²) in [6.45, 7) is 0.382. The lowest BCUT2D eigenvalue weighted by Gasteiger charge is -1.88. The Morgan fingerprint density at radius 1 is 1.50 bits per heavy atom. The molecule has 0 fully saturated rings. The molecule has 14 heavy (non-hydrogen) atoms. The third kappa shape index (κ3) is 3.90. The van der Waals surface area contributed by atoms with Gasteiger partial charge < -0.3 is 0 Å². The summed E-state index contributed by atoms with van der Waals surface area (Å²) in [5, 5.41) is 3.35. The van der Waals surface area contributed by atoms with Gasteiger partial charge in [0.1, 0.15) is 10.3 Å². The van der Waals surface area contributed by atoms with E-state index in [0.29, 0.717) is 23.3 Å². The van der Waals surface area contributed by atoms with E-state index >= 15 is 0 Å². The molecule has 0 spiro atoms. The number of aromatic nitrogens is 2. The van der Waals surface area contributed by atoms with E-state index in [4.69, 9.17) is 5.53 Å². The van der Waals surface area contributed by atoms with Gasteiger partial charge in [-0.05, 0) is 27.4 Å². The maximum atomic E-state index is 8.00. The van der Waals surface area contributed by atoms with Crippen molar-refractivity contribution < 1.29 is 0 Å². The molecule has 1 aromatic rings. The van der Waals surface area contributed by atoms with E-state index in [0.717, 1.165) is 0 Å². The topological polar surface area (TPSA) is 74.5 Å². The summed E-state index contributed by atoms with van der Waals surface area (Å²) in [6, 6.07) is 0.